The highest BCUT2D eigenvalue weighted by atomic mass is 16.5. The number of aliphatic carboxylic acids is 1. The number of ether oxygens (including phenoxy) is 1. The number of hydrogen-bond acceptors (Lipinski definition) is 5. The van der Waals surface area contributed by atoms with Crippen molar-refractivity contribution in [3.05, 3.63) is 47.7 Å². The standard InChI is InChI=1S/C19H23NO5/c1-12(2)10-16(18(21)22)20-11-13-8-9-17(25-13)14-6-4-5-7-15(14)19(23)24-3/h4-9,12,16,20H,10-11H2,1-3H3,(H,21,22). The smallest absolute Gasteiger partial charge is 0.338 e. The second-order valence-corrected chi connectivity index (χ2v) is 6.20. The van der Waals surface area contributed by atoms with Gasteiger partial charge in [-0.15, -0.1) is 0 Å². The quantitative estimate of drug-likeness (QED) is 0.714. The lowest BCUT2D eigenvalue weighted by molar-refractivity contribution is -0.140. The summed E-state index contributed by atoms with van der Waals surface area (Å²) in [5.41, 5.74) is 1.06. The molecule has 25 heavy (non-hydrogen) atoms. The molecule has 0 spiro atoms. The van der Waals surface area contributed by atoms with E-state index in [0.29, 0.717) is 35.6 Å². The topological polar surface area (TPSA) is 88.8 Å². The molecule has 1 unspecified atom stereocenters. The molecule has 1 aromatic heterocycles. The van der Waals surface area contributed by atoms with Crippen LogP contribution in [0.2, 0.25) is 0 Å². The molecule has 0 saturated carbocycles. The summed E-state index contributed by atoms with van der Waals surface area (Å²) in [6.07, 6.45) is 0.536. The van der Waals surface area contributed by atoms with E-state index in [1.807, 2.05) is 19.9 Å². The normalized spacial score (nSPS) is 12.2. The SMILES string of the molecule is COC(=O)c1ccccc1-c1ccc(CNC(CC(C)C)C(=O)O)o1. The summed E-state index contributed by atoms with van der Waals surface area (Å²) in [5.74, 6) is 0.0944. The minimum atomic E-state index is -0.878. The number of carbonyl (C=O) groups excluding carboxylic acids is 1. The second kappa shape index (κ2) is 8.48. The third-order valence-electron chi connectivity index (χ3n) is 3.79. The van der Waals surface area contributed by atoms with Crippen molar-refractivity contribution < 1.29 is 23.8 Å². The molecular weight excluding hydrogens is 322 g/mol. The van der Waals surface area contributed by atoms with Crippen LogP contribution in [0, 0.1) is 5.92 Å². The molecule has 1 atom stereocenters. The molecule has 1 aromatic carbocycles. The van der Waals surface area contributed by atoms with Crippen LogP contribution in [0.3, 0.4) is 0 Å². The number of carboxylic acids is 1. The van der Waals surface area contributed by atoms with Crippen molar-refractivity contribution in [2.75, 3.05) is 7.11 Å². The number of methoxy groups -OCH3 is 1. The first-order valence-electron chi connectivity index (χ1n) is 8.15. The maximum Gasteiger partial charge on any atom is 0.338 e. The molecule has 2 rings (SSSR count). The Kier molecular flexibility index (Phi) is 6.36. The van der Waals surface area contributed by atoms with Gasteiger partial charge in [0.1, 0.15) is 17.6 Å². The summed E-state index contributed by atoms with van der Waals surface area (Å²) in [5, 5.41) is 12.3. The van der Waals surface area contributed by atoms with Gasteiger partial charge in [0.05, 0.1) is 19.2 Å². The summed E-state index contributed by atoms with van der Waals surface area (Å²) in [7, 11) is 1.33. The molecule has 0 radical (unpaired) electrons. The van der Waals surface area contributed by atoms with E-state index in [2.05, 4.69) is 5.32 Å². The first-order valence-corrected chi connectivity index (χ1v) is 8.15. The number of rotatable bonds is 8. The Morgan fingerprint density at radius 1 is 1.20 bits per heavy atom. The molecule has 6 heteroatoms. The predicted molar refractivity (Wildman–Crippen MR) is 93.2 cm³/mol. The van der Waals surface area contributed by atoms with E-state index in [0.717, 1.165) is 0 Å². The fourth-order valence-electron chi connectivity index (χ4n) is 2.57. The number of carboxylic acid groups (broad SMARTS) is 1. The zero-order chi connectivity index (χ0) is 18.4. The highest BCUT2D eigenvalue weighted by Gasteiger charge is 2.19. The van der Waals surface area contributed by atoms with Gasteiger partial charge in [-0.05, 0) is 30.5 Å². The lowest BCUT2D eigenvalue weighted by Gasteiger charge is -2.15. The van der Waals surface area contributed by atoms with E-state index in [1.165, 1.54) is 7.11 Å². The number of hydrogen-bond donors (Lipinski definition) is 2. The summed E-state index contributed by atoms with van der Waals surface area (Å²) in [6.45, 7) is 4.25. The third-order valence-corrected chi connectivity index (χ3v) is 3.79. The van der Waals surface area contributed by atoms with Gasteiger partial charge in [0.15, 0.2) is 0 Å². The van der Waals surface area contributed by atoms with Crippen LogP contribution in [0.1, 0.15) is 36.4 Å². The number of furan rings is 1. The van der Waals surface area contributed by atoms with Crippen molar-refractivity contribution >= 4 is 11.9 Å². The van der Waals surface area contributed by atoms with E-state index in [4.69, 9.17) is 9.15 Å². The maximum atomic E-state index is 11.9. The predicted octanol–water partition coefficient (Wildman–Crippen LogP) is 3.32. The molecule has 6 nitrogen and oxygen atoms in total. The van der Waals surface area contributed by atoms with Crippen LogP contribution in [0.4, 0.5) is 0 Å². The zero-order valence-electron chi connectivity index (χ0n) is 14.6. The van der Waals surface area contributed by atoms with E-state index in [1.54, 1.807) is 30.3 Å². The van der Waals surface area contributed by atoms with E-state index in [9.17, 15) is 14.7 Å². The molecule has 1 heterocycles. The lowest BCUT2D eigenvalue weighted by Crippen LogP contribution is -2.37. The fourth-order valence-corrected chi connectivity index (χ4v) is 2.57. The Balaban J connectivity index is 2.13. The molecule has 2 aromatic rings. The number of carbonyl (C=O) groups is 2. The van der Waals surface area contributed by atoms with Gasteiger partial charge in [0, 0.05) is 5.56 Å². The summed E-state index contributed by atoms with van der Waals surface area (Å²) >= 11 is 0. The Labute approximate surface area is 146 Å². The fraction of sp³-hybridized carbons (Fsp3) is 0.368. The summed E-state index contributed by atoms with van der Waals surface area (Å²) in [4.78, 5) is 23.2. The van der Waals surface area contributed by atoms with Crippen molar-refractivity contribution in [1.82, 2.24) is 5.32 Å². The molecule has 0 aliphatic carbocycles. The monoisotopic (exact) mass is 345 g/mol. The van der Waals surface area contributed by atoms with Gasteiger partial charge in [0.25, 0.3) is 0 Å². The molecule has 0 aliphatic rings. The van der Waals surface area contributed by atoms with Crippen molar-refractivity contribution in [3.63, 3.8) is 0 Å². The largest absolute Gasteiger partial charge is 0.480 e. The number of nitrogens with one attached hydrogen (secondary N) is 1. The number of benzene rings is 1. The van der Waals surface area contributed by atoms with Crippen LogP contribution in [0.15, 0.2) is 40.8 Å². The van der Waals surface area contributed by atoms with E-state index >= 15 is 0 Å². The second-order valence-electron chi connectivity index (χ2n) is 6.20. The van der Waals surface area contributed by atoms with Crippen LogP contribution in [-0.4, -0.2) is 30.2 Å². The Hall–Kier alpha value is -2.60. The van der Waals surface area contributed by atoms with E-state index in [-0.39, 0.29) is 5.92 Å². The Morgan fingerprint density at radius 2 is 1.92 bits per heavy atom. The van der Waals surface area contributed by atoms with Gasteiger partial charge in [-0.2, -0.15) is 0 Å². The molecular formula is C19H23NO5. The Morgan fingerprint density at radius 3 is 2.56 bits per heavy atom. The molecule has 0 bridgehead atoms. The van der Waals surface area contributed by atoms with Crippen LogP contribution in [0.5, 0.6) is 0 Å². The van der Waals surface area contributed by atoms with Crippen LogP contribution in [-0.2, 0) is 16.1 Å². The van der Waals surface area contributed by atoms with Crippen LogP contribution < -0.4 is 5.32 Å². The minimum Gasteiger partial charge on any atom is -0.480 e. The van der Waals surface area contributed by atoms with Gasteiger partial charge in [-0.1, -0.05) is 32.0 Å². The van der Waals surface area contributed by atoms with Crippen molar-refractivity contribution in [2.45, 2.75) is 32.9 Å². The first kappa shape index (κ1) is 18.7. The van der Waals surface area contributed by atoms with Gasteiger partial charge in [0.2, 0.25) is 0 Å². The van der Waals surface area contributed by atoms with Gasteiger partial charge >= 0.3 is 11.9 Å². The van der Waals surface area contributed by atoms with Crippen molar-refractivity contribution in [2.24, 2.45) is 5.92 Å². The van der Waals surface area contributed by atoms with Crippen molar-refractivity contribution in [3.8, 4) is 11.3 Å². The average Bonchev–Trinajstić information content (AvgIpc) is 3.06. The summed E-state index contributed by atoms with van der Waals surface area (Å²) < 4.78 is 10.6. The average molecular weight is 345 g/mol. The maximum absolute atomic E-state index is 11.9. The van der Waals surface area contributed by atoms with E-state index < -0.39 is 18.0 Å². The minimum absolute atomic E-state index is 0.271. The molecule has 2 N–H and O–H groups in total. The molecule has 134 valence electrons. The molecule has 0 amide bonds. The molecule has 0 aliphatic heterocycles. The van der Waals surface area contributed by atoms with Gasteiger partial charge < -0.3 is 14.3 Å². The van der Waals surface area contributed by atoms with Gasteiger partial charge in [-0.25, -0.2) is 4.79 Å². The van der Waals surface area contributed by atoms with Gasteiger partial charge in [-0.3, -0.25) is 10.1 Å². The summed E-state index contributed by atoms with van der Waals surface area (Å²) in [6, 6.07) is 9.92. The van der Waals surface area contributed by atoms with Crippen LogP contribution >= 0.6 is 0 Å². The first-order chi connectivity index (χ1) is 11.9. The van der Waals surface area contributed by atoms with Crippen LogP contribution in [0.25, 0.3) is 11.3 Å². The zero-order valence-corrected chi connectivity index (χ0v) is 14.6. The Bertz CT molecular complexity index is 735. The third kappa shape index (κ3) is 4.93. The van der Waals surface area contributed by atoms with Crippen molar-refractivity contribution in [1.29, 1.82) is 0 Å². The highest BCUT2D eigenvalue weighted by Crippen LogP contribution is 2.26. The highest BCUT2D eigenvalue weighted by molar-refractivity contribution is 5.96. The molecule has 0 fully saturated rings. The lowest BCUT2D eigenvalue weighted by atomic mass is 10.0. The number of esters is 1. The molecule has 0 saturated heterocycles.